The molecular weight excluding hydrogens is 408 g/mol. The third-order valence-corrected chi connectivity index (χ3v) is 7.11. The van der Waals surface area contributed by atoms with Gasteiger partial charge in [-0.3, -0.25) is 19.0 Å². The maximum absolute atomic E-state index is 13.6. The van der Waals surface area contributed by atoms with Gasteiger partial charge in [-0.05, 0) is 38.3 Å². The first kappa shape index (κ1) is 21.1. The highest BCUT2D eigenvalue weighted by Gasteiger charge is 2.45. The van der Waals surface area contributed by atoms with E-state index in [4.69, 9.17) is 9.72 Å². The van der Waals surface area contributed by atoms with Gasteiger partial charge in [0.15, 0.2) is 0 Å². The van der Waals surface area contributed by atoms with Crippen molar-refractivity contribution in [3.05, 3.63) is 40.4 Å². The molecule has 8 nitrogen and oxygen atoms in total. The first-order valence-corrected chi connectivity index (χ1v) is 11.7. The Kier molecular flexibility index (Phi) is 5.71. The maximum atomic E-state index is 13.6. The molecule has 2 aromatic rings. The van der Waals surface area contributed by atoms with Crippen LogP contribution in [0.5, 0.6) is 0 Å². The summed E-state index contributed by atoms with van der Waals surface area (Å²) in [7, 11) is 0. The molecule has 3 aliphatic heterocycles. The smallest absolute Gasteiger partial charge is 0.261 e. The van der Waals surface area contributed by atoms with E-state index in [1.54, 1.807) is 9.47 Å². The fourth-order valence-electron chi connectivity index (χ4n) is 5.55. The van der Waals surface area contributed by atoms with Crippen LogP contribution in [0.3, 0.4) is 0 Å². The lowest BCUT2D eigenvalue weighted by Crippen LogP contribution is -2.46. The molecule has 2 bridgehead atoms. The minimum Gasteiger partial charge on any atom is -0.382 e. The van der Waals surface area contributed by atoms with Crippen LogP contribution in [0.2, 0.25) is 0 Å². The number of rotatable bonds is 6. The van der Waals surface area contributed by atoms with Gasteiger partial charge in [0.1, 0.15) is 5.82 Å². The van der Waals surface area contributed by atoms with Gasteiger partial charge in [-0.1, -0.05) is 12.1 Å². The van der Waals surface area contributed by atoms with E-state index in [0.29, 0.717) is 50.2 Å². The summed E-state index contributed by atoms with van der Waals surface area (Å²) in [6, 6.07) is 7.45. The molecule has 0 spiro atoms. The van der Waals surface area contributed by atoms with Crippen molar-refractivity contribution in [1.29, 1.82) is 0 Å². The van der Waals surface area contributed by atoms with Gasteiger partial charge in [-0.15, -0.1) is 0 Å². The Morgan fingerprint density at radius 1 is 1.12 bits per heavy atom. The summed E-state index contributed by atoms with van der Waals surface area (Å²) >= 11 is 0. The second kappa shape index (κ2) is 8.65. The number of nitrogens with zero attached hydrogens (tertiary/aromatic N) is 4. The van der Waals surface area contributed by atoms with Crippen LogP contribution >= 0.6 is 0 Å². The van der Waals surface area contributed by atoms with Gasteiger partial charge >= 0.3 is 0 Å². The monoisotopic (exact) mass is 438 g/mol. The highest BCUT2D eigenvalue weighted by molar-refractivity contribution is 5.89. The highest BCUT2D eigenvalue weighted by Crippen LogP contribution is 2.34. The topological polar surface area (TPSA) is 84.7 Å². The Bertz CT molecular complexity index is 1100. The van der Waals surface area contributed by atoms with Crippen LogP contribution in [-0.4, -0.2) is 69.6 Å². The molecule has 1 aromatic heterocycles. The number of amides is 2. The molecule has 4 heterocycles. The summed E-state index contributed by atoms with van der Waals surface area (Å²) in [5.41, 5.74) is 0.686. The highest BCUT2D eigenvalue weighted by atomic mass is 16.5. The molecular formula is C24H30N4O4. The Morgan fingerprint density at radius 3 is 2.78 bits per heavy atom. The zero-order valence-electron chi connectivity index (χ0n) is 18.5. The predicted molar refractivity (Wildman–Crippen MR) is 119 cm³/mol. The molecule has 2 saturated heterocycles. The van der Waals surface area contributed by atoms with Gasteiger partial charge in [0.2, 0.25) is 11.8 Å². The van der Waals surface area contributed by atoms with E-state index in [-0.39, 0.29) is 41.8 Å². The number of carbonyl (C=O) groups excluding carboxylic acids is 2. The van der Waals surface area contributed by atoms with Gasteiger partial charge in [-0.25, -0.2) is 4.98 Å². The van der Waals surface area contributed by atoms with Crippen molar-refractivity contribution < 1.29 is 14.3 Å². The molecule has 8 heteroatoms. The predicted octanol–water partition coefficient (Wildman–Crippen LogP) is 1.59. The van der Waals surface area contributed by atoms with Gasteiger partial charge in [0.25, 0.3) is 5.56 Å². The minimum absolute atomic E-state index is 0.0171. The van der Waals surface area contributed by atoms with Crippen LogP contribution in [0.15, 0.2) is 29.1 Å². The van der Waals surface area contributed by atoms with Gasteiger partial charge in [0, 0.05) is 51.7 Å². The van der Waals surface area contributed by atoms with E-state index in [1.165, 1.54) is 0 Å². The van der Waals surface area contributed by atoms with Gasteiger partial charge in [0.05, 0.1) is 22.9 Å². The lowest BCUT2D eigenvalue weighted by Gasteiger charge is -2.30. The summed E-state index contributed by atoms with van der Waals surface area (Å²) in [6.45, 7) is 4.84. The molecule has 3 atom stereocenters. The molecule has 0 unspecified atom stereocenters. The zero-order chi connectivity index (χ0) is 22.2. The largest absolute Gasteiger partial charge is 0.382 e. The van der Waals surface area contributed by atoms with Crippen LogP contribution in [0, 0.1) is 5.92 Å². The lowest BCUT2D eigenvalue weighted by molar-refractivity contribution is -0.138. The fraction of sp³-hybridized carbons (Fsp3) is 0.583. The lowest BCUT2D eigenvalue weighted by atomic mass is 10.1. The summed E-state index contributed by atoms with van der Waals surface area (Å²) in [5, 5.41) is 0.621. The van der Waals surface area contributed by atoms with Crippen molar-refractivity contribution in [2.45, 2.75) is 57.7 Å². The van der Waals surface area contributed by atoms with E-state index in [0.717, 1.165) is 25.1 Å². The maximum Gasteiger partial charge on any atom is 0.261 e. The molecule has 0 radical (unpaired) electrons. The van der Waals surface area contributed by atoms with Crippen molar-refractivity contribution >= 4 is 22.7 Å². The molecule has 5 rings (SSSR count). The number of benzene rings is 1. The molecule has 2 fully saturated rings. The molecule has 3 aliphatic rings. The van der Waals surface area contributed by atoms with Crippen LogP contribution < -0.4 is 5.56 Å². The van der Waals surface area contributed by atoms with E-state index >= 15 is 0 Å². The second-order valence-electron chi connectivity index (χ2n) is 9.09. The molecule has 1 aromatic carbocycles. The Morgan fingerprint density at radius 2 is 1.94 bits per heavy atom. The quantitative estimate of drug-likeness (QED) is 0.640. The third-order valence-electron chi connectivity index (χ3n) is 7.11. The fourth-order valence-corrected chi connectivity index (χ4v) is 5.55. The number of fused-ring (bicyclic) bond motifs is 4. The van der Waals surface area contributed by atoms with Crippen molar-refractivity contribution in [1.82, 2.24) is 19.4 Å². The molecule has 170 valence electrons. The van der Waals surface area contributed by atoms with Crippen LogP contribution in [-0.2, 0) is 27.3 Å². The van der Waals surface area contributed by atoms with E-state index in [2.05, 4.69) is 0 Å². The summed E-state index contributed by atoms with van der Waals surface area (Å²) in [5.74, 6) is 0.569. The zero-order valence-corrected chi connectivity index (χ0v) is 18.5. The van der Waals surface area contributed by atoms with Crippen LogP contribution in [0.4, 0.5) is 0 Å². The van der Waals surface area contributed by atoms with E-state index in [1.807, 2.05) is 36.1 Å². The number of likely N-dealkylation sites (tertiary alicyclic amines) is 1. The summed E-state index contributed by atoms with van der Waals surface area (Å²) in [6.07, 6.45) is 3.44. The number of aromatic nitrogens is 2. The van der Waals surface area contributed by atoms with Crippen LogP contribution in [0.25, 0.3) is 10.9 Å². The van der Waals surface area contributed by atoms with Crippen molar-refractivity contribution in [3.63, 3.8) is 0 Å². The molecule has 0 saturated carbocycles. The van der Waals surface area contributed by atoms with Gasteiger partial charge in [-0.2, -0.15) is 0 Å². The second-order valence-corrected chi connectivity index (χ2v) is 9.09. The normalized spacial score (nSPS) is 24.8. The standard InChI is InChI=1S/C24H30N4O4/c1-2-32-11-5-10-26-14-16(12-22(26)29)23(30)28-17-8-9-18(28)15-27-21(13-17)25-20-7-4-3-6-19(20)24(27)31/h3-4,6-7,16-18H,2,5,8-15H2,1H3/t16-,17+,18+/m0/s1. The van der Waals surface area contributed by atoms with Gasteiger partial charge < -0.3 is 14.5 Å². The van der Waals surface area contributed by atoms with Crippen molar-refractivity contribution in [2.24, 2.45) is 5.92 Å². The van der Waals surface area contributed by atoms with E-state index in [9.17, 15) is 14.4 Å². The molecule has 0 aliphatic carbocycles. The average molecular weight is 439 g/mol. The number of hydrogen-bond donors (Lipinski definition) is 0. The van der Waals surface area contributed by atoms with E-state index < -0.39 is 0 Å². The molecule has 0 N–H and O–H groups in total. The number of hydrogen-bond acceptors (Lipinski definition) is 5. The Hall–Kier alpha value is -2.74. The summed E-state index contributed by atoms with van der Waals surface area (Å²) in [4.78, 5) is 47.7. The van der Waals surface area contributed by atoms with Crippen molar-refractivity contribution in [2.75, 3.05) is 26.3 Å². The summed E-state index contributed by atoms with van der Waals surface area (Å²) < 4.78 is 7.14. The van der Waals surface area contributed by atoms with Crippen LogP contribution in [0.1, 0.15) is 38.4 Å². The Labute approximate surface area is 187 Å². The first-order chi connectivity index (χ1) is 15.6. The minimum atomic E-state index is -0.303. The first-order valence-electron chi connectivity index (χ1n) is 11.7. The number of ether oxygens (including phenoxy) is 1. The number of para-hydroxylation sites is 1. The molecule has 32 heavy (non-hydrogen) atoms. The third kappa shape index (κ3) is 3.70. The number of carbonyl (C=O) groups is 2. The molecule has 2 amide bonds. The SMILES string of the molecule is CCOCCCN1C[C@@H](C(=O)N2[C@@H]3CC[C@@H]2Cn2c(nc4ccccc4c2=O)C3)CC1=O. The average Bonchev–Trinajstić information content (AvgIpc) is 3.30. The Balaban J connectivity index is 1.34. The van der Waals surface area contributed by atoms with Crippen molar-refractivity contribution in [3.8, 4) is 0 Å².